The van der Waals surface area contributed by atoms with Crippen molar-refractivity contribution in [2.75, 3.05) is 19.7 Å². The Morgan fingerprint density at radius 3 is 2.83 bits per heavy atom. The Kier molecular flexibility index (Phi) is 4.79. The molecular formula is C17H22N2O4. The third kappa shape index (κ3) is 3.81. The number of nitro groups is 1. The van der Waals surface area contributed by atoms with E-state index in [2.05, 4.69) is 0 Å². The standard InChI is InChI=1S/C17H22N2O4/c20-17(12-23-16-7-3-6-15(10-16)19(21)22)18-9-8-13-4-1-2-5-14(13)11-18/h3,6-7,10,13-14H,1-2,4-5,8-9,11-12H2/t13-,14+/m1/s1. The third-order valence-corrected chi connectivity index (χ3v) is 5.03. The molecule has 23 heavy (non-hydrogen) atoms. The number of nitrogens with zero attached hydrogens (tertiary/aromatic N) is 2. The van der Waals surface area contributed by atoms with Gasteiger partial charge in [-0.05, 0) is 30.7 Å². The number of rotatable bonds is 4. The number of piperidine rings is 1. The fourth-order valence-corrected chi connectivity index (χ4v) is 3.75. The van der Waals surface area contributed by atoms with Gasteiger partial charge in [0.05, 0.1) is 11.0 Å². The molecule has 2 fully saturated rings. The molecule has 1 heterocycles. The highest BCUT2D eigenvalue weighted by atomic mass is 16.6. The van der Waals surface area contributed by atoms with Crippen LogP contribution < -0.4 is 4.74 Å². The van der Waals surface area contributed by atoms with E-state index < -0.39 is 4.92 Å². The minimum atomic E-state index is -0.470. The molecular weight excluding hydrogens is 296 g/mol. The molecule has 2 atom stereocenters. The van der Waals surface area contributed by atoms with Gasteiger partial charge in [0.25, 0.3) is 11.6 Å². The number of amides is 1. The monoisotopic (exact) mass is 318 g/mol. The van der Waals surface area contributed by atoms with Crippen LogP contribution in [0.5, 0.6) is 5.75 Å². The molecule has 1 aromatic carbocycles. The van der Waals surface area contributed by atoms with Crippen molar-refractivity contribution in [3.63, 3.8) is 0 Å². The predicted molar refractivity (Wildman–Crippen MR) is 85.2 cm³/mol. The molecule has 0 radical (unpaired) electrons. The highest BCUT2D eigenvalue weighted by Gasteiger charge is 2.32. The molecule has 1 aliphatic carbocycles. The van der Waals surface area contributed by atoms with Crippen molar-refractivity contribution in [2.45, 2.75) is 32.1 Å². The quantitative estimate of drug-likeness (QED) is 0.632. The lowest BCUT2D eigenvalue weighted by atomic mass is 9.75. The second-order valence-corrected chi connectivity index (χ2v) is 6.48. The Bertz CT molecular complexity index is 590. The lowest BCUT2D eigenvalue weighted by molar-refractivity contribution is -0.384. The Morgan fingerprint density at radius 1 is 1.26 bits per heavy atom. The van der Waals surface area contributed by atoms with Crippen LogP contribution in [0.4, 0.5) is 5.69 Å². The van der Waals surface area contributed by atoms with Gasteiger partial charge in [-0.2, -0.15) is 0 Å². The third-order valence-electron chi connectivity index (χ3n) is 5.03. The normalized spacial score (nSPS) is 23.9. The van der Waals surface area contributed by atoms with Gasteiger partial charge in [-0.15, -0.1) is 0 Å². The number of carbonyl (C=O) groups is 1. The van der Waals surface area contributed by atoms with Crippen LogP contribution in [-0.2, 0) is 4.79 Å². The maximum atomic E-state index is 12.3. The van der Waals surface area contributed by atoms with Gasteiger partial charge in [-0.3, -0.25) is 14.9 Å². The van der Waals surface area contributed by atoms with E-state index in [0.717, 1.165) is 25.4 Å². The summed E-state index contributed by atoms with van der Waals surface area (Å²) >= 11 is 0. The summed E-state index contributed by atoms with van der Waals surface area (Å²) in [5, 5.41) is 10.7. The van der Waals surface area contributed by atoms with E-state index in [-0.39, 0.29) is 18.2 Å². The van der Waals surface area contributed by atoms with E-state index in [1.807, 2.05) is 4.90 Å². The van der Waals surface area contributed by atoms with Crippen molar-refractivity contribution in [2.24, 2.45) is 11.8 Å². The SMILES string of the molecule is O=C(COc1cccc([N+](=O)[O-])c1)N1CC[C@H]2CCCC[C@H]2C1. The number of fused-ring (bicyclic) bond motifs is 1. The Hall–Kier alpha value is -2.11. The van der Waals surface area contributed by atoms with Crippen LogP contribution in [0.3, 0.4) is 0 Å². The first-order chi connectivity index (χ1) is 11.1. The molecule has 3 rings (SSSR count). The number of hydrogen-bond acceptors (Lipinski definition) is 4. The van der Waals surface area contributed by atoms with Crippen molar-refractivity contribution >= 4 is 11.6 Å². The van der Waals surface area contributed by atoms with E-state index in [1.54, 1.807) is 12.1 Å². The van der Waals surface area contributed by atoms with Crippen molar-refractivity contribution in [3.05, 3.63) is 34.4 Å². The van der Waals surface area contributed by atoms with Crippen LogP contribution in [0.1, 0.15) is 32.1 Å². The molecule has 0 spiro atoms. The predicted octanol–water partition coefficient (Wildman–Crippen LogP) is 3.01. The Morgan fingerprint density at radius 2 is 2.04 bits per heavy atom. The van der Waals surface area contributed by atoms with E-state index in [4.69, 9.17) is 4.74 Å². The van der Waals surface area contributed by atoms with Crippen LogP contribution in [0.15, 0.2) is 24.3 Å². The first-order valence-corrected chi connectivity index (χ1v) is 8.28. The minimum absolute atomic E-state index is 0.0273. The first-order valence-electron chi connectivity index (χ1n) is 8.28. The summed E-state index contributed by atoms with van der Waals surface area (Å²) in [5.41, 5.74) is -0.0297. The summed E-state index contributed by atoms with van der Waals surface area (Å²) in [6.07, 6.45) is 6.21. The summed E-state index contributed by atoms with van der Waals surface area (Å²) in [6.45, 7) is 1.58. The lowest BCUT2D eigenvalue weighted by Crippen LogP contribution is -2.46. The molecule has 6 heteroatoms. The first kappa shape index (κ1) is 15.8. The molecule has 1 aromatic rings. The number of ether oxygens (including phenoxy) is 1. The maximum Gasteiger partial charge on any atom is 0.273 e. The molecule has 2 aliphatic rings. The average Bonchev–Trinajstić information content (AvgIpc) is 2.59. The number of carbonyl (C=O) groups excluding carboxylic acids is 1. The molecule has 1 saturated carbocycles. The number of benzene rings is 1. The summed E-state index contributed by atoms with van der Waals surface area (Å²) < 4.78 is 5.45. The van der Waals surface area contributed by atoms with Gasteiger partial charge in [0, 0.05) is 19.2 Å². The second-order valence-electron chi connectivity index (χ2n) is 6.48. The molecule has 1 saturated heterocycles. The smallest absolute Gasteiger partial charge is 0.273 e. The maximum absolute atomic E-state index is 12.3. The molecule has 0 bridgehead atoms. The molecule has 0 unspecified atom stereocenters. The van der Waals surface area contributed by atoms with Crippen LogP contribution in [-0.4, -0.2) is 35.4 Å². The van der Waals surface area contributed by atoms with E-state index in [0.29, 0.717) is 11.7 Å². The molecule has 1 amide bonds. The fraction of sp³-hybridized carbons (Fsp3) is 0.588. The summed E-state index contributed by atoms with van der Waals surface area (Å²) in [7, 11) is 0. The highest BCUT2D eigenvalue weighted by molar-refractivity contribution is 5.77. The number of non-ortho nitro benzene ring substituents is 1. The number of hydrogen-bond donors (Lipinski definition) is 0. The topological polar surface area (TPSA) is 72.7 Å². The van der Waals surface area contributed by atoms with Gasteiger partial charge in [0.2, 0.25) is 0 Å². The highest BCUT2D eigenvalue weighted by Crippen LogP contribution is 2.36. The van der Waals surface area contributed by atoms with Crippen LogP contribution in [0.2, 0.25) is 0 Å². The van der Waals surface area contributed by atoms with Crippen molar-refractivity contribution in [1.29, 1.82) is 0 Å². The molecule has 1 aliphatic heterocycles. The van der Waals surface area contributed by atoms with Gasteiger partial charge in [0.1, 0.15) is 5.75 Å². The van der Waals surface area contributed by atoms with E-state index in [9.17, 15) is 14.9 Å². The van der Waals surface area contributed by atoms with Crippen LogP contribution in [0, 0.1) is 22.0 Å². The van der Waals surface area contributed by atoms with E-state index >= 15 is 0 Å². The summed E-state index contributed by atoms with van der Waals surface area (Å²) in [4.78, 5) is 24.5. The van der Waals surface area contributed by atoms with Gasteiger partial charge in [-0.25, -0.2) is 0 Å². The molecule has 0 N–H and O–H groups in total. The number of likely N-dealkylation sites (tertiary alicyclic amines) is 1. The minimum Gasteiger partial charge on any atom is -0.484 e. The van der Waals surface area contributed by atoms with Crippen molar-refractivity contribution in [1.82, 2.24) is 4.90 Å². The zero-order chi connectivity index (χ0) is 16.2. The molecule has 0 aromatic heterocycles. The largest absolute Gasteiger partial charge is 0.484 e. The van der Waals surface area contributed by atoms with Gasteiger partial charge < -0.3 is 9.64 Å². The fourth-order valence-electron chi connectivity index (χ4n) is 3.75. The van der Waals surface area contributed by atoms with Gasteiger partial charge in [-0.1, -0.05) is 25.3 Å². The summed E-state index contributed by atoms with van der Waals surface area (Å²) in [5.74, 6) is 1.75. The Labute approximate surface area is 135 Å². The van der Waals surface area contributed by atoms with Crippen molar-refractivity contribution < 1.29 is 14.5 Å². The van der Waals surface area contributed by atoms with Gasteiger partial charge in [0.15, 0.2) is 6.61 Å². The zero-order valence-electron chi connectivity index (χ0n) is 13.1. The van der Waals surface area contributed by atoms with E-state index in [1.165, 1.54) is 37.8 Å². The molecule has 6 nitrogen and oxygen atoms in total. The van der Waals surface area contributed by atoms with Gasteiger partial charge >= 0.3 is 0 Å². The lowest BCUT2D eigenvalue weighted by Gasteiger charge is -2.41. The van der Waals surface area contributed by atoms with Crippen LogP contribution >= 0.6 is 0 Å². The Balaban J connectivity index is 1.53. The van der Waals surface area contributed by atoms with Crippen molar-refractivity contribution in [3.8, 4) is 5.75 Å². The zero-order valence-corrected chi connectivity index (χ0v) is 13.1. The number of nitro benzene ring substituents is 1. The second kappa shape index (κ2) is 6.98. The summed E-state index contributed by atoms with van der Waals surface area (Å²) in [6, 6.07) is 5.95. The average molecular weight is 318 g/mol. The van der Waals surface area contributed by atoms with Crippen LogP contribution in [0.25, 0.3) is 0 Å². The molecule has 124 valence electrons.